The molecule has 1 aliphatic rings. The van der Waals surface area contributed by atoms with Crippen molar-refractivity contribution in [3.63, 3.8) is 0 Å². The van der Waals surface area contributed by atoms with Crippen LogP contribution < -0.4 is 10.2 Å². The van der Waals surface area contributed by atoms with Crippen molar-refractivity contribution in [2.75, 3.05) is 24.5 Å². The number of nitrogens with zero attached hydrogens (tertiary/aromatic N) is 2. The van der Waals surface area contributed by atoms with Gasteiger partial charge in [0.1, 0.15) is 5.82 Å². The predicted octanol–water partition coefficient (Wildman–Crippen LogP) is 1.27. The first-order valence-corrected chi connectivity index (χ1v) is 5.30. The van der Waals surface area contributed by atoms with Crippen LogP contribution in [-0.2, 0) is 0 Å². The Hall–Kier alpha value is -1.09. The van der Waals surface area contributed by atoms with Gasteiger partial charge in [0.2, 0.25) is 0 Å². The molecule has 0 bridgehead atoms. The van der Waals surface area contributed by atoms with Crippen LogP contribution in [0.4, 0.5) is 5.82 Å². The first-order chi connectivity index (χ1) is 6.92. The molecule has 0 saturated carbocycles. The molecule has 1 fully saturated rings. The van der Waals surface area contributed by atoms with Gasteiger partial charge in [0.25, 0.3) is 0 Å². The average molecular weight is 191 g/mol. The highest BCUT2D eigenvalue weighted by Gasteiger charge is 2.21. The summed E-state index contributed by atoms with van der Waals surface area (Å²) in [6.45, 7) is 5.44. The molecule has 0 radical (unpaired) electrons. The van der Waals surface area contributed by atoms with E-state index in [1.165, 1.54) is 6.42 Å². The Balaban J connectivity index is 2.12. The third kappa shape index (κ3) is 1.87. The summed E-state index contributed by atoms with van der Waals surface area (Å²) in [7, 11) is 0. The Kier molecular flexibility index (Phi) is 2.99. The minimum absolute atomic E-state index is 0.620. The summed E-state index contributed by atoms with van der Waals surface area (Å²) in [6, 6.07) is 6.72. The van der Waals surface area contributed by atoms with Crippen molar-refractivity contribution in [1.29, 1.82) is 0 Å². The number of pyridine rings is 1. The molecule has 1 atom stereocenters. The molecule has 14 heavy (non-hydrogen) atoms. The maximum absolute atomic E-state index is 4.39. The second kappa shape index (κ2) is 4.42. The molecule has 0 aliphatic carbocycles. The van der Waals surface area contributed by atoms with Gasteiger partial charge in [0.15, 0.2) is 0 Å². The van der Waals surface area contributed by atoms with E-state index >= 15 is 0 Å². The lowest BCUT2D eigenvalue weighted by atomic mass is 10.2. The number of nitrogens with one attached hydrogen (secondary N) is 1. The smallest absolute Gasteiger partial charge is 0.128 e. The van der Waals surface area contributed by atoms with E-state index in [2.05, 4.69) is 28.2 Å². The molecular weight excluding hydrogens is 174 g/mol. The van der Waals surface area contributed by atoms with Gasteiger partial charge in [-0.25, -0.2) is 4.98 Å². The average Bonchev–Trinajstić information content (AvgIpc) is 2.74. The van der Waals surface area contributed by atoms with E-state index in [-0.39, 0.29) is 0 Å². The summed E-state index contributed by atoms with van der Waals surface area (Å²) >= 11 is 0. The van der Waals surface area contributed by atoms with Crippen LogP contribution in [-0.4, -0.2) is 30.7 Å². The second-order valence-electron chi connectivity index (χ2n) is 3.62. The van der Waals surface area contributed by atoms with Crippen molar-refractivity contribution in [1.82, 2.24) is 10.3 Å². The first kappa shape index (κ1) is 9.46. The number of anilines is 1. The van der Waals surface area contributed by atoms with Crippen molar-refractivity contribution in [3.8, 4) is 0 Å². The Bertz CT molecular complexity index is 267. The lowest BCUT2D eigenvalue weighted by Crippen LogP contribution is -2.37. The molecule has 3 heteroatoms. The minimum Gasteiger partial charge on any atom is -0.353 e. The molecule has 0 aromatic carbocycles. The maximum Gasteiger partial charge on any atom is 0.128 e. The topological polar surface area (TPSA) is 28.2 Å². The zero-order valence-electron chi connectivity index (χ0n) is 8.61. The summed E-state index contributed by atoms with van der Waals surface area (Å²) in [4.78, 5) is 6.77. The molecule has 1 aromatic heterocycles. The third-order valence-electron chi connectivity index (χ3n) is 2.76. The molecule has 76 valence electrons. The highest BCUT2D eigenvalue weighted by atomic mass is 15.2. The molecule has 2 rings (SSSR count). The summed E-state index contributed by atoms with van der Waals surface area (Å²) in [5.41, 5.74) is 0. The van der Waals surface area contributed by atoms with Gasteiger partial charge in [0.05, 0.1) is 0 Å². The molecular formula is C11H17N3. The highest BCUT2D eigenvalue weighted by molar-refractivity contribution is 5.39. The molecule has 1 aromatic rings. The number of aromatic nitrogens is 1. The third-order valence-corrected chi connectivity index (χ3v) is 2.76. The fourth-order valence-corrected chi connectivity index (χ4v) is 2.04. The van der Waals surface area contributed by atoms with Crippen molar-refractivity contribution < 1.29 is 0 Å². The van der Waals surface area contributed by atoms with Gasteiger partial charge >= 0.3 is 0 Å². The summed E-state index contributed by atoms with van der Waals surface area (Å²) in [5.74, 6) is 1.10. The van der Waals surface area contributed by atoms with Crippen LogP contribution in [0.5, 0.6) is 0 Å². The van der Waals surface area contributed by atoms with Gasteiger partial charge in [0, 0.05) is 25.3 Å². The van der Waals surface area contributed by atoms with Gasteiger partial charge in [-0.3, -0.25) is 0 Å². The SMILES string of the molecule is CCN(c1ccccn1)C1CCNC1. The zero-order valence-corrected chi connectivity index (χ0v) is 8.61. The monoisotopic (exact) mass is 191 g/mol. The number of likely N-dealkylation sites (N-methyl/N-ethyl adjacent to an activating group) is 1. The van der Waals surface area contributed by atoms with E-state index in [9.17, 15) is 0 Å². The summed E-state index contributed by atoms with van der Waals surface area (Å²) < 4.78 is 0. The standard InChI is InChI=1S/C11H17N3/c1-2-14(10-6-8-12-9-10)11-5-3-4-7-13-11/h3-5,7,10,12H,2,6,8-9H2,1H3. The van der Waals surface area contributed by atoms with Gasteiger partial charge in [-0.05, 0) is 32.0 Å². The zero-order chi connectivity index (χ0) is 9.80. The summed E-state index contributed by atoms with van der Waals surface area (Å²) in [6.07, 6.45) is 3.09. The van der Waals surface area contributed by atoms with E-state index in [1.807, 2.05) is 18.3 Å². The molecule has 3 nitrogen and oxygen atoms in total. The Labute approximate surface area is 85.1 Å². The number of hydrogen-bond donors (Lipinski definition) is 1. The first-order valence-electron chi connectivity index (χ1n) is 5.30. The Morgan fingerprint density at radius 1 is 1.57 bits per heavy atom. The van der Waals surface area contributed by atoms with Crippen LogP contribution in [0.25, 0.3) is 0 Å². The van der Waals surface area contributed by atoms with Crippen molar-refractivity contribution in [3.05, 3.63) is 24.4 Å². The summed E-state index contributed by atoms with van der Waals surface area (Å²) in [5, 5.41) is 3.39. The van der Waals surface area contributed by atoms with Crippen LogP contribution >= 0.6 is 0 Å². The normalized spacial score (nSPS) is 21.1. The van der Waals surface area contributed by atoms with Gasteiger partial charge in [-0.2, -0.15) is 0 Å². The van der Waals surface area contributed by atoms with Gasteiger partial charge in [-0.15, -0.1) is 0 Å². The van der Waals surface area contributed by atoms with E-state index in [1.54, 1.807) is 0 Å². The molecule has 0 amide bonds. The van der Waals surface area contributed by atoms with Crippen molar-refractivity contribution in [2.24, 2.45) is 0 Å². The fraction of sp³-hybridized carbons (Fsp3) is 0.545. The lowest BCUT2D eigenvalue weighted by Gasteiger charge is -2.28. The molecule has 2 heterocycles. The van der Waals surface area contributed by atoms with E-state index in [0.29, 0.717) is 6.04 Å². The molecule has 1 N–H and O–H groups in total. The van der Waals surface area contributed by atoms with E-state index < -0.39 is 0 Å². The Morgan fingerprint density at radius 3 is 3.07 bits per heavy atom. The predicted molar refractivity (Wildman–Crippen MR) is 58.5 cm³/mol. The molecule has 1 unspecified atom stereocenters. The van der Waals surface area contributed by atoms with Crippen molar-refractivity contribution >= 4 is 5.82 Å². The fourth-order valence-electron chi connectivity index (χ4n) is 2.04. The largest absolute Gasteiger partial charge is 0.353 e. The molecule has 1 saturated heterocycles. The highest BCUT2D eigenvalue weighted by Crippen LogP contribution is 2.16. The number of rotatable bonds is 3. The van der Waals surface area contributed by atoms with Crippen LogP contribution in [0.2, 0.25) is 0 Å². The molecule has 0 spiro atoms. The van der Waals surface area contributed by atoms with Crippen molar-refractivity contribution in [2.45, 2.75) is 19.4 Å². The van der Waals surface area contributed by atoms with Crippen LogP contribution in [0.1, 0.15) is 13.3 Å². The van der Waals surface area contributed by atoms with Crippen LogP contribution in [0.15, 0.2) is 24.4 Å². The van der Waals surface area contributed by atoms with Gasteiger partial charge < -0.3 is 10.2 Å². The maximum atomic E-state index is 4.39. The molecule has 1 aliphatic heterocycles. The van der Waals surface area contributed by atoms with Crippen LogP contribution in [0, 0.1) is 0 Å². The van der Waals surface area contributed by atoms with Gasteiger partial charge in [-0.1, -0.05) is 6.07 Å². The lowest BCUT2D eigenvalue weighted by molar-refractivity contribution is 0.640. The van der Waals surface area contributed by atoms with E-state index in [0.717, 1.165) is 25.5 Å². The van der Waals surface area contributed by atoms with E-state index in [4.69, 9.17) is 0 Å². The van der Waals surface area contributed by atoms with Crippen LogP contribution in [0.3, 0.4) is 0 Å². The quantitative estimate of drug-likeness (QED) is 0.780. The second-order valence-corrected chi connectivity index (χ2v) is 3.62. The Morgan fingerprint density at radius 2 is 2.50 bits per heavy atom. The number of hydrogen-bond acceptors (Lipinski definition) is 3. The minimum atomic E-state index is 0.620.